The Morgan fingerprint density at radius 3 is 2.79 bits per heavy atom. The van der Waals surface area contributed by atoms with Gasteiger partial charge in [-0.1, -0.05) is 35.3 Å². The minimum Gasteiger partial charge on any atom is -0.326 e. The van der Waals surface area contributed by atoms with E-state index in [0.717, 1.165) is 28.3 Å². The summed E-state index contributed by atoms with van der Waals surface area (Å²) in [5, 5.41) is 3.39. The highest BCUT2D eigenvalue weighted by Crippen LogP contribution is 2.23. The lowest BCUT2D eigenvalue weighted by atomic mass is 10.2. The molecule has 0 unspecified atom stereocenters. The number of hydrogen-bond acceptors (Lipinski definition) is 2. The number of halogens is 1. The van der Waals surface area contributed by atoms with Crippen molar-refractivity contribution in [2.75, 3.05) is 5.32 Å². The Bertz CT molecular complexity index is 561. The van der Waals surface area contributed by atoms with Crippen LogP contribution in [0, 0.1) is 13.8 Å². The average molecular weight is 322 g/mol. The summed E-state index contributed by atoms with van der Waals surface area (Å²) in [7, 11) is 0. The molecule has 1 aromatic heterocycles. The van der Waals surface area contributed by atoms with Gasteiger partial charge in [-0.2, -0.15) is 0 Å². The molecular formula is C15H20BrN3. The van der Waals surface area contributed by atoms with E-state index >= 15 is 0 Å². The number of benzene rings is 1. The molecule has 3 nitrogen and oxygen atoms in total. The Balaban J connectivity index is 2.19. The van der Waals surface area contributed by atoms with Crippen LogP contribution < -0.4 is 5.32 Å². The molecule has 0 saturated heterocycles. The molecule has 0 aliphatic heterocycles. The molecule has 0 aliphatic rings. The fraction of sp³-hybridized carbons (Fsp3) is 0.400. The van der Waals surface area contributed by atoms with Gasteiger partial charge in [-0.3, -0.25) is 0 Å². The number of aromatic nitrogens is 2. The predicted octanol–water partition coefficient (Wildman–Crippen LogP) is 4.81. The minimum atomic E-state index is 0.918. The Hall–Kier alpha value is -1.29. The van der Waals surface area contributed by atoms with Crippen LogP contribution in [0.4, 0.5) is 11.6 Å². The Labute approximate surface area is 123 Å². The van der Waals surface area contributed by atoms with E-state index in [4.69, 9.17) is 0 Å². The molecule has 1 heterocycles. The summed E-state index contributed by atoms with van der Waals surface area (Å²) in [5.41, 5.74) is 3.33. The van der Waals surface area contributed by atoms with E-state index in [1.54, 1.807) is 0 Å². The zero-order valence-corrected chi connectivity index (χ0v) is 13.3. The molecule has 19 heavy (non-hydrogen) atoms. The number of nitrogens with zero attached hydrogens (tertiary/aromatic N) is 2. The van der Waals surface area contributed by atoms with Gasteiger partial charge in [0.25, 0.3) is 0 Å². The van der Waals surface area contributed by atoms with Crippen LogP contribution in [-0.4, -0.2) is 9.55 Å². The highest BCUT2D eigenvalue weighted by molar-refractivity contribution is 9.10. The highest BCUT2D eigenvalue weighted by atomic mass is 79.9. The maximum Gasteiger partial charge on any atom is 0.207 e. The van der Waals surface area contributed by atoms with Crippen LogP contribution in [0.25, 0.3) is 0 Å². The minimum absolute atomic E-state index is 0.918. The zero-order chi connectivity index (χ0) is 13.8. The molecule has 0 saturated carbocycles. The molecule has 2 rings (SSSR count). The lowest BCUT2D eigenvalue weighted by Crippen LogP contribution is -2.03. The van der Waals surface area contributed by atoms with Crippen LogP contribution in [0.2, 0.25) is 0 Å². The maximum atomic E-state index is 4.55. The molecule has 0 radical (unpaired) electrons. The third-order valence-corrected chi connectivity index (χ3v) is 3.93. The lowest BCUT2D eigenvalue weighted by Gasteiger charge is -2.10. The normalized spacial score (nSPS) is 10.7. The van der Waals surface area contributed by atoms with Crippen molar-refractivity contribution in [2.24, 2.45) is 0 Å². The third kappa shape index (κ3) is 3.60. The summed E-state index contributed by atoms with van der Waals surface area (Å²) >= 11 is 3.56. The number of unbranched alkanes of at least 4 members (excludes halogenated alkanes) is 1. The van der Waals surface area contributed by atoms with Crippen LogP contribution in [0.3, 0.4) is 0 Å². The Kier molecular flexibility index (Phi) is 4.64. The topological polar surface area (TPSA) is 29.9 Å². The van der Waals surface area contributed by atoms with Gasteiger partial charge in [-0.05, 0) is 38.0 Å². The SMILES string of the molecule is CCCCn1cc(C)nc1Nc1ccc(C)c(Br)c1. The van der Waals surface area contributed by atoms with E-state index in [0.29, 0.717) is 0 Å². The number of hydrogen-bond donors (Lipinski definition) is 1. The number of imidazole rings is 1. The second-order valence-electron chi connectivity index (χ2n) is 4.84. The summed E-state index contributed by atoms with van der Waals surface area (Å²) in [6.45, 7) is 7.32. The highest BCUT2D eigenvalue weighted by Gasteiger charge is 2.06. The largest absolute Gasteiger partial charge is 0.326 e. The van der Waals surface area contributed by atoms with E-state index < -0.39 is 0 Å². The van der Waals surface area contributed by atoms with Gasteiger partial charge in [-0.25, -0.2) is 4.98 Å². The van der Waals surface area contributed by atoms with E-state index in [2.05, 4.69) is 69.0 Å². The molecular weight excluding hydrogens is 302 g/mol. The maximum absolute atomic E-state index is 4.55. The molecule has 4 heteroatoms. The van der Waals surface area contributed by atoms with Crippen LogP contribution in [0.5, 0.6) is 0 Å². The van der Waals surface area contributed by atoms with Gasteiger partial charge in [0, 0.05) is 22.9 Å². The summed E-state index contributed by atoms with van der Waals surface area (Å²) in [6.07, 6.45) is 4.45. The first kappa shape index (κ1) is 14.1. The van der Waals surface area contributed by atoms with Crippen molar-refractivity contribution in [3.05, 3.63) is 40.1 Å². The van der Waals surface area contributed by atoms with Crippen LogP contribution in [0.1, 0.15) is 31.0 Å². The standard InChI is InChI=1S/C15H20BrN3/c1-4-5-8-19-10-12(3)17-15(19)18-13-7-6-11(2)14(16)9-13/h6-7,9-10H,4-5,8H2,1-3H3,(H,17,18). The van der Waals surface area contributed by atoms with Crippen molar-refractivity contribution >= 4 is 27.6 Å². The summed E-state index contributed by atoms with van der Waals surface area (Å²) in [6, 6.07) is 6.26. The zero-order valence-electron chi connectivity index (χ0n) is 11.7. The van der Waals surface area contributed by atoms with E-state index in [-0.39, 0.29) is 0 Å². The van der Waals surface area contributed by atoms with E-state index in [9.17, 15) is 0 Å². The van der Waals surface area contributed by atoms with Gasteiger partial charge >= 0.3 is 0 Å². The molecule has 0 bridgehead atoms. The van der Waals surface area contributed by atoms with Crippen molar-refractivity contribution in [1.29, 1.82) is 0 Å². The first-order chi connectivity index (χ1) is 9.10. The second-order valence-corrected chi connectivity index (χ2v) is 5.70. The van der Waals surface area contributed by atoms with E-state index in [1.165, 1.54) is 18.4 Å². The van der Waals surface area contributed by atoms with Gasteiger partial charge in [0.1, 0.15) is 0 Å². The monoisotopic (exact) mass is 321 g/mol. The van der Waals surface area contributed by atoms with Crippen molar-refractivity contribution in [2.45, 2.75) is 40.2 Å². The van der Waals surface area contributed by atoms with Gasteiger partial charge in [0.15, 0.2) is 0 Å². The molecule has 1 N–H and O–H groups in total. The van der Waals surface area contributed by atoms with Crippen molar-refractivity contribution in [1.82, 2.24) is 9.55 Å². The molecule has 102 valence electrons. The smallest absolute Gasteiger partial charge is 0.207 e. The first-order valence-electron chi connectivity index (χ1n) is 6.67. The number of anilines is 2. The fourth-order valence-electron chi connectivity index (χ4n) is 1.95. The van der Waals surface area contributed by atoms with E-state index in [1.807, 2.05) is 6.92 Å². The van der Waals surface area contributed by atoms with Gasteiger partial charge in [0.05, 0.1) is 5.69 Å². The number of rotatable bonds is 5. The molecule has 0 atom stereocenters. The van der Waals surface area contributed by atoms with Crippen molar-refractivity contribution < 1.29 is 0 Å². The molecule has 0 amide bonds. The van der Waals surface area contributed by atoms with Crippen LogP contribution >= 0.6 is 15.9 Å². The first-order valence-corrected chi connectivity index (χ1v) is 7.46. The Morgan fingerprint density at radius 1 is 1.32 bits per heavy atom. The molecule has 0 spiro atoms. The summed E-state index contributed by atoms with van der Waals surface area (Å²) in [4.78, 5) is 4.55. The number of nitrogens with one attached hydrogen (secondary N) is 1. The fourth-order valence-corrected chi connectivity index (χ4v) is 2.32. The summed E-state index contributed by atoms with van der Waals surface area (Å²) < 4.78 is 3.30. The van der Waals surface area contributed by atoms with Crippen LogP contribution in [-0.2, 0) is 6.54 Å². The second kappa shape index (κ2) is 6.24. The van der Waals surface area contributed by atoms with Gasteiger partial charge in [-0.15, -0.1) is 0 Å². The lowest BCUT2D eigenvalue weighted by molar-refractivity contribution is 0.637. The van der Waals surface area contributed by atoms with Gasteiger partial charge in [0.2, 0.25) is 5.95 Å². The van der Waals surface area contributed by atoms with Gasteiger partial charge < -0.3 is 9.88 Å². The van der Waals surface area contributed by atoms with Crippen molar-refractivity contribution in [3.8, 4) is 0 Å². The molecule has 1 aromatic carbocycles. The van der Waals surface area contributed by atoms with Crippen LogP contribution in [0.15, 0.2) is 28.9 Å². The predicted molar refractivity (Wildman–Crippen MR) is 84.0 cm³/mol. The summed E-state index contributed by atoms with van der Waals surface area (Å²) in [5.74, 6) is 0.918. The quantitative estimate of drug-likeness (QED) is 0.856. The molecule has 2 aromatic rings. The Morgan fingerprint density at radius 2 is 2.11 bits per heavy atom. The number of aryl methyl sites for hydroxylation is 3. The molecule has 0 fully saturated rings. The van der Waals surface area contributed by atoms with Crippen molar-refractivity contribution in [3.63, 3.8) is 0 Å². The molecule has 0 aliphatic carbocycles. The third-order valence-electron chi connectivity index (χ3n) is 3.08. The average Bonchev–Trinajstić information content (AvgIpc) is 2.71.